The summed E-state index contributed by atoms with van der Waals surface area (Å²) in [5, 5.41) is 8.73. The maximum absolute atomic E-state index is 13.3. The number of nitrogens with zero attached hydrogens (tertiary/aromatic N) is 1. The number of benzene rings is 1. The Labute approximate surface area is 111 Å². The number of rotatable bonds is 6. The molecule has 0 spiro atoms. The SMILES string of the molecule is O=C(O)CC1CCN(CCOc2ccccc2F)C1. The fraction of sp³-hybridized carbons (Fsp3) is 0.500. The van der Waals surface area contributed by atoms with Crippen molar-refractivity contribution in [3.63, 3.8) is 0 Å². The van der Waals surface area contributed by atoms with E-state index >= 15 is 0 Å². The Morgan fingerprint density at radius 1 is 1.47 bits per heavy atom. The topological polar surface area (TPSA) is 49.8 Å². The van der Waals surface area contributed by atoms with Crippen LogP contribution in [0.3, 0.4) is 0 Å². The Kier molecular flexibility index (Phi) is 4.74. The molecule has 1 unspecified atom stereocenters. The number of para-hydroxylation sites is 1. The van der Waals surface area contributed by atoms with Crippen molar-refractivity contribution in [3.05, 3.63) is 30.1 Å². The van der Waals surface area contributed by atoms with Gasteiger partial charge in [-0.3, -0.25) is 9.69 Å². The van der Waals surface area contributed by atoms with Gasteiger partial charge in [-0.1, -0.05) is 12.1 Å². The lowest BCUT2D eigenvalue weighted by Crippen LogP contribution is -2.26. The van der Waals surface area contributed by atoms with Crippen LogP contribution >= 0.6 is 0 Å². The molecule has 0 saturated carbocycles. The van der Waals surface area contributed by atoms with Crippen LogP contribution in [0, 0.1) is 11.7 Å². The van der Waals surface area contributed by atoms with Crippen molar-refractivity contribution < 1.29 is 19.0 Å². The van der Waals surface area contributed by atoms with E-state index in [4.69, 9.17) is 9.84 Å². The molecule has 19 heavy (non-hydrogen) atoms. The fourth-order valence-corrected chi connectivity index (χ4v) is 2.38. The van der Waals surface area contributed by atoms with E-state index in [-0.39, 0.29) is 23.9 Å². The predicted molar refractivity (Wildman–Crippen MR) is 68.7 cm³/mol. The number of carbonyl (C=O) groups is 1. The number of hydrogen-bond acceptors (Lipinski definition) is 3. The number of carboxylic acid groups (broad SMARTS) is 1. The molecule has 0 amide bonds. The molecule has 1 aliphatic rings. The van der Waals surface area contributed by atoms with Gasteiger partial charge in [0.25, 0.3) is 0 Å². The van der Waals surface area contributed by atoms with Crippen LogP contribution < -0.4 is 4.74 Å². The number of carboxylic acids is 1. The minimum Gasteiger partial charge on any atom is -0.489 e. The normalized spacial score (nSPS) is 19.5. The number of hydrogen-bond donors (Lipinski definition) is 1. The molecule has 1 atom stereocenters. The van der Waals surface area contributed by atoms with E-state index in [2.05, 4.69) is 4.90 Å². The standard InChI is InChI=1S/C14H18FNO3/c15-12-3-1-2-4-13(12)19-8-7-16-6-5-11(10-16)9-14(17)18/h1-4,11H,5-10H2,(H,17,18). The first kappa shape index (κ1) is 13.8. The van der Waals surface area contributed by atoms with E-state index in [1.54, 1.807) is 18.2 Å². The summed E-state index contributed by atoms with van der Waals surface area (Å²) in [5.74, 6) is -0.600. The summed E-state index contributed by atoms with van der Waals surface area (Å²) in [7, 11) is 0. The van der Waals surface area contributed by atoms with E-state index in [1.165, 1.54) is 6.07 Å². The Morgan fingerprint density at radius 3 is 3.00 bits per heavy atom. The third-order valence-electron chi connectivity index (χ3n) is 3.34. The fourth-order valence-electron chi connectivity index (χ4n) is 2.38. The van der Waals surface area contributed by atoms with Crippen molar-refractivity contribution in [1.82, 2.24) is 4.90 Å². The summed E-state index contributed by atoms with van der Waals surface area (Å²) in [4.78, 5) is 12.8. The van der Waals surface area contributed by atoms with Crippen LogP contribution in [0.15, 0.2) is 24.3 Å². The molecule has 1 saturated heterocycles. The first-order valence-corrected chi connectivity index (χ1v) is 6.46. The summed E-state index contributed by atoms with van der Waals surface area (Å²) in [6.45, 7) is 2.79. The molecule has 4 nitrogen and oxygen atoms in total. The molecule has 1 aromatic rings. The van der Waals surface area contributed by atoms with Crippen LogP contribution in [-0.4, -0.2) is 42.2 Å². The molecule has 0 aromatic heterocycles. The van der Waals surface area contributed by atoms with Crippen molar-refractivity contribution in [2.45, 2.75) is 12.8 Å². The highest BCUT2D eigenvalue weighted by atomic mass is 19.1. The van der Waals surface area contributed by atoms with Crippen LogP contribution in [0.25, 0.3) is 0 Å². The first-order chi connectivity index (χ1) is 9.15. The van der Waals surface area contributed by atoms with Crippen LogP contribution in [0.4, 0.5) is 4.39 Å². The van der Waals surface area contributed by atoms with E-state index < -0.39 is 5.97 Å². The second-order valence-corrected chi connectivity index (χ2v) is 4.83. The number of aliphatic carboxylic acids is 1. The summed E-state index contributed by atoms with van der Waals surface area (Å²) >= 11 is 0. The molecule has 0 aliphatic carbocycles. The van der Waals surface area contributed by atoms with E-state index in [9.17, 15) is 9.18 Å². The number of halogens is 1. The van der Waals surface area contributed by atoms with Gasteiger partial charge in [-0.25, -0.2) is 4.39 Å². The second-order valence-electron chi connectivity index (χ2n) is 4.83. The van der Waals surface area contributed by atoms with Gasteiger partial charge in [-0.2, -0.15) is 0 Å². The van der Waals surface area contributed by atoms with Gasteiger partial charge in [0, 0.05) is 19.5 Å². The zero-order valence-electron chi connectivity index (χ0n) is 10.7. The molecule has 1 heterocycles. The largest absolute Gasteiger partial charge is 0.489 e. The monoisotopic (exact) mass is 267 g/mol. The molecule has 104 valence electrons. The Bertz CT molecular complexity index is 438. The minimum atomic E-state index is -0.741. The Hall–Kier alpha value is -1.62. The molecule has 2 rings (SSSR count). The van der Waals surface area contributed by atoms with Gasteiger partial charge in [0.15, 0.2) is 11.6 Å². The van der Waals surface area contributed by atoms with Gasteiger partial charge >= 0.3 is 5.97 Å². The molecular weight excluding hydrogens is 249 g/mol. The lowest BCUT2D eigenvalue weighted by molar-refractivity contribution is -0.138. The minimum absolute atomic E-state index is 0.227. The lowest BCUT2D eigenvalue weighted by Gasteiger charge is -2.16. The third-order valence-corrected chi connectivity index (χ3v) is 3.34. The van der Waals surface area contributed by atoms with E-state index in [0.29, 0.717) is 13.2 Å². The van der Waals surface area contributed by atoms with Crippen molar-refractivity contribution in [2.75, 3.05) is 26.2 Å². The van der Waals surface area contributed by atoms with Crippen molar-refractivity contribution >= 4 is 5.97 Å². The van der Waals surface area contributed by atoms with Gasteiger partial charge in [-0.05, 0) is 31.0 Å². The van der Waals surface area contributed by atoms with E-state index in [1.807, 2.05) is 0 Å². The van der Waals surface area contributed by atoms with Crippen LogP contribution in [-0.2, 0) is 4.79 Å². The quantitative estimate of drug-likeness (QED) is 0.856. The van der Waals surface area contributed by atoms with E-state index in [0.717, 1.165) is 19.5 Å². The zero-order chi connectivity index (χ0) is 13.7. The summed E-state index contributed by atoms with van der Waals surface area (Å²) in [5.41, 5.74) is 0. The maximum atomic E-state index is 13.3. The summed E-state index contributed by atoms with van der Waals surface area (Å²) in [6.07, 6.45) is 1.14. The lowest BCUT2D eigenvalue weighted by atomic mass is 10.1. The second kappa shape index (κ2) is 6.52. The van der Waals surface area contributed by atoms with Crippen LogP contribution in [0.1, 0.15) is 12.8 Å². The molecule has 1 aromatic carbocycles. The summed E-state index contributed by atoms with van der Waals surface area (Å²) < 4.78 is 18.7. The van der Waals surface area contributed by atoms with Crippen molar-refractivity contribution in [1.29, 1.82) is 0 Å². The van der Waals surface area contributed by atoms with Crippen molar-refractivity contribution in [2.24, 2.45) is 5.92 Å². The highest BCUT2D eigenvalue weighted by molar-refractivity contribution is 5.67. The third kappa shape index (κ3) is 4.21. The molecule has 1 aliphatic heterocycles. The number of likely N-dealkylation sites (tertiary alicyclic amines) is 1. The molecular formula is C14H18FNO3. The first-order valence-electron chi connectivity index (χ1n) is 6.46. The highest BCUT2D eigenvalue weighted by Gasteiger charge is 2.24. The molecule has 1 N–H and O–H groups in total. The Morgan fingerprint density at radius 2 is 2.26 bits per heavy atom. The average Bonchev–Trinajstić information content (AvgIpc) is 2.78. The highest BCUT2D eigenvalue weighted by Crippen LogP contribution is 2.20. The van der Waals surface area contributed by atoms with Gasteiger partial charge in [0.05, 0.1) is 0 Å². The Balaban J connectivity index is 1.70. The molecule has 5 heteroatoms. The smallest absolute Gasteiger partial charge is 0.303 e. The van der Waals surface area contributed by atoms with Crippen LogP contribution in [0.2, 0.25) is 0 Å². The summed E-state index contributed by atoms with van der Waals surface area (Å²) in [6, 6.07) is 6.33. The average molecular weight is 267 g/mol. The van der Waals surface area contributed by atoms with Gasteiger partial charge in [-0.15, -0.1) is 0 Å². The van der Waals surface area contributed by atoms with Crippen LogP contribution in [0.5, 0.6) is 5.75 Å². The van der Waals surface area contributed by atoms with Gasteiger partial charge in [0.2, 0.25) is 0 Å². The number of ether oxygens (including phenoxy) is 1. The van der Waals surface area contributed by atoms with Gasteiger partial charge in [0.1, 0.15) is 6.61 Å². The van der Waals surface area contributed by atoms with Crippen molar-refractivity contribution in [3.8, 4) is 5.75 Å². The maximum Gasteiger partial charge on any atom is 0.303 e. The predicted octanol–water partition coefficient (Wildman–Crippen LogP) is 2.00. The molecule has 0 radical (unpaired) electrons. The molecule has 1 fully saturated rings. The zero-order valence-corrected chi connectivity index (χ0v) is 10.7. The molecule has 0 bridgehead atoms. The van der Waals surface area contributed by atoms with Gasteiger partial charge < -0.3 is 9.84 Å².